The van der Waals surface area contributed by atoms with Crippen molar-refractivity contribution < 1.29 is 14.0 Å². The van der Waals surface area contributed by atoms with E-state index in [1.54, 1.807) is 0 Å². The van der Waals surface area contributed by atoms with Gasteiger partial charge in [0.2, 0.25) is 5.91 Å². The SMILES string of the molecule is O=CC1C2CCC(C[C@H]1c1ccc(F)cc1)N2CCCN(CCS)CC(=O)NCCS. The highest BCUT2D eigenvalue weighted by atomic mass is 32.1. The van der Waals surface area contributed by atoms with Crippen LogP contribution < -0.4 is 5.32 Å². The molecule has 2 fully saturated rings. The molecule has 172 valence electrons. The minimum atomic E-state index is -0.239. The molecule has 2 aliphatic rings. The number of nitrogens with zero attached hydrogens (tertiary/aromatic N) is 2. The molecule has 1 amide bonds. The highest BCUT2D eigenvalue weighted by molar-refractivity contribution is 7.80. The number of hydrogen-bond acceptors (Lipinski definition) is 6. The molecule has 3 rings (SSSR count). The van der Waals surface area contributed by atoms with Crippen LogP contribution in [0, 0.1) is 11.7 Å². The molecule has 31 heavy (non-hydrogen) atoms. The Labute approximate surface area is 195 Å². The van der Waals surface area contributed by atoms with Gasteiger partial charge in [-0.15, -0.1) is 0 Å². The molecule has 2 heterocycles. The van der Waals surface area contributed by atoms with Crippen molar-refractivity contribution >= 4 is 37.5 Å². The van der Waals surface area contributed by atoms with E-state index in [9.17, 15) is 14.0 Å². The van der Waals surface area contributed by atoms with Crippen LogP contribution in [-0.2, 0) is 9.59 Å². The van der Waals surface area contributed by atoms with Crippen molar-refractivity contribution in [1.82, 2.24) is 15.1 Å². The van der Waals surface area contributed by atoms with Gasteiger partial charge in [0.15, 0.2) is 0 Å². The van der Waals surface area contributed by atoms with Crippen molar-refractivity contribution in [2.45, 2.75) is 43.7 Å². The molecule has 5 nitrogen and oxygen atoms in total. The molecule has 3 unspecified atom stereocenters. The molecule has 0 aliphatic carbocycles. The van der Waals surface area contributed by atoms with E-state index in [0.717, 1.165) is 57.2 Å². The Morgan fingerprint density at radius 3 is 2.65 bits per heavy atom. The second-order valence-electron chi connectivity index (χ2n) is 8.57. The summed E-state index contributed by atoms with van der Waals surface area (Å²) in [5.41, 5.74) is 1.07. The molecular weight excluding hydrogens is 433 g/mol. The summed E-state index contributed by atoms with van der Waals surface area (Å²) in [4.78, 5) is 28.8. The minimum absolute atomic E-state index is 0.0250. The number of amides is 1. The summed E-state index contributed by atoms with van der Waals surface area (Å²) >= 11 is 8.46. The van der Waals surface area contributed by atoms with E-state index in [2.05, 4.69) is 40.4 Å². The number of nitrogens with one attached hydrogen (secondary N) is 1. The molecule has 0 aromatic heterocycles. The average molecular weight is 468 g/mol. The molecule has 1 aromatic carbocycles. The Morgan fingerprint density at radius 2 is 1.97 bits per heavy atom. The van der Waals surface area contributed by atoms with Gasteiger partial charge in [0.25, 0.3) is 0 Å². The first-order valence-corrected chi connectivity index (χ1v) is 12.5. The molecule has 0 radical (unpaired) electrons. The van der Waals surface area contributed by atoms with Crippen LogP contribution in [0.4, 0.5) is 4.39 Å². The second-order valence-corrected chi connectivity index (χ2v) is 9.46. The summed E-state index contributed by atoms with van der Waals surface area (Å²) in [6.45, 7) is 3.49. The summed E-state index contributed by atoms with van der Waals surface area (Å²) in [5.74, 6) is 1.25. The van der Waals surface area contributed by atoms with Gasteiger partial charge in [-0.1, -0.05) is 12.1 Å². The lowest BCUT2D eigenvalue weighted by Gasteiger charge is -2.43. The number of halogens is 1. The minimum Gasteiger partial charge on any atom is -0.354 e. The fourth-order valence-corrected chi connectivity index (χ4v) is 5.69. The van der Waals surface area contributed by atoms with E-state index < -0.39 is 0 Å². The fourth-order valence-electron chi connectivity index (χ4n) is 5.30. The highest BCUT2D eigenvalue weighted by Crippen LogP contribution is 2.46. The number of hydrogen-bond donors (Lipinski definition) is 3. The van der Waals surface area contributed by atoms with Crippen molar-refractivity contribution in [2.24, 2.45) is 5.92 Å². The smallest absolute Gasteiger partial charge is 0.234 e. The van der Waals surface area contributed by atoms with Crippen molar-refractivity contribution in [3.05, 3.63) is 35.6 Å². The number of benzene rings is 1. The van der Waals surface area contributed by atoms with Crippen LogP contribution in [0.3, 0.4) is 0 Å². The molecule has 1 aromatic rings. The quantitative estimate of drug-likeness (QED) is 0.327. The Hall–Kier alpha value is -1.09. The van der Waals surface area contributed by atoms with Gasteiger partial charge < -0.3 is 10.1 Å². The second kappa shape index (κ2) is 12.2. The van der Waals surface area contributed by atoms with E-state index in [-0.39, 0.29) is 29.6 Å². The molecule has 2 aliphatic heterocycles. The Bertz CT molecular complexity index is 721. The largest absolute Gasteiger partial charge is 0.354 e. The molecule has 8 heteroatoms. The van der Waals surface area contributed by atoms with Gasteiger partial charge in [-0.05, 0) is 62.4 Å². The van der Waals surface area contributed by atoms with Crippen molar-refractivity contribution in [3.8, 4) is 0 Å². The number of rotatable bonds is 12. The number of thiol groups is 2. The number of piperidine rings is 1. The van der Waals surface area contributed by atoms with E-state index in [0.29, 0.717) is 30.6 Å². The number of fused-ring (bicyclic) bond motifs is 2. The van der Waals surface area contributed by atoms with E-state index >= 15 is 0 Å². The summed E-state index contributed by atoms with van der Waals surface area (Å²) < 4.78 is 13.3. The Morgan fingerprint density at radius 1 is 1.19 bits per heavy atom. The molecular formula is C23H34FN3O2S2. The van der Waals surface area contributed by atoms with Crippen molar-refractivity contribution in [2.75, 3.05) is 44.2 Å². The summed E-state index contributed by atoms with van der Waals surface area (Å²) in [6.07, 6.45) is 5.16. The zero-order chi connectivity index (χ0) is 22.2. The molecule has 0 spiro atoms. The van der Waals surface area contributed by atoms with Crippen LogP contribution in [0.2, 0.25) is 0 Å². The third-order valence-electron chi connectivity index (χ3n) is 6.69. The van der Waals surface area contributed by atoms with Crippen LogP contribution in [0.1, 0.15) is 37.2 Å². The normalized spacial score (nSPS) is 25.7. The lowest BCUT2D eigenvalue weighted by Crippen LogP contribution is -2.49. The van der Waals surface area contributed by atoms with E-state index in [1.807, 2.05) is 12.1 Å². The number of carbonyl (C=O) groups excluding carboxylic acids is 2. The lowest BCUT2D eigenvalue weighted by atomic mass is 9.76. The first-order chi connectivity index (χ1) is 15.1. The predicted octanol–water partition coefficient (Wildman–Crippen LogP) is 2.63. The topological polar surface area (TPSA) is 52.7 Å². The monoisotopic (exact) mass is 467 g/mol. The third-order valence-corrected chi connectivity index (χ3v) is 7.11. The Kier molecular flexibility index (Phi) is 9.69. The molecule has 2 saturated heterocycles. The molecule has 0 saturated carbocycles. The standard InChI is InChI=1S/C23H34FN3O2S2/c24-18-4-2-17(3-5-18)20-14-19-6-7-22(21(20)16-28)27(19)10-1-9-26(11-13-31)15-23(29)25-8-12-30/h2-5,16,19-22,30-31H,1,6-15H2,(H,25,29)/t19?,20-,21?,22?/m0/s1. The van der Waals surface area contributed by atoms with Crippen LogP contribution >= 0.6 is 25.3 Å². The van der Waals surface area contributed by atoms with E-state index in [1.165, 1.54) is 12.1 Å². The van der Waals surface area contributed by atoms with Gasteiger partial charge in [-0.25, -0.2) is 4.39 Å². The Balaban J connectivity index is 1.56. The first kappa shape index (κ1) is 24.6. The van der Waals surface area contributed by atoms with Gasteiger partial charge in [0, 0.05) is 42.6 Å². The maximum absolute atomic E-state index is 13.3. The van der Waals surface area contributed by atoms with Crippen LogP contribution in [0.15, 0.2) is 24.3 Å². The maximum Gasteiger partial charge on any atom is 0.234 e. The lowest BCUT2D eigenvalue weighted by molar-refractivity contribution is -0.122. The third kappa shape index (κ3) is 6.46. The molecule has 4 atom stereocenters. The zero-order valence-electron chi connectivity index (χ0n) is 18.0. The predicted molar refractivity (Wildman–Crippen MR) is 129 cm³/mol. The van der Waals surface area contributed by atoms with Gasteiger partial charge >= 0.3 is 0 Å². The molecule has 1 N–H and O–H groups in total. The van der Waals surface area contributed by atoms with Crippen LogP contribution in [0.5, 0.6) is 0 Å². The average Bonchev–Trinajstić information content (AvgIpc) is 3.04. The molecule has 2 bridgehead atoms. The van der Waals surface area contributed by atoms with E-state index in [4.69, 9.17) is 0 Å². The fraction of sp³-hybridized carbons (Fsp3) is 0.652. The van der Waals surface area contributed by atoms with Crippen LogP contribution in [-0.4, -0.2) is 78.3 Å². The highest BCUT2D eigenvalue weighted by Gasteiger charge is 2.47. The van der Waals surface area contributed by atoms with Gasteiger partial charge in [0.1, 0.15) is 12.1 Å². The van der Waals surface area contributed by atoms with Crippen molar-refractivity contribution in [1.29, 1.82) is 0 Å². The zero-order valence-corrected chi connectivity index (χ0v) is 19.7. The summed E-state index contributed by atoms with van der Waals surface area (Å²) in [5, 5.41) is 2.87. The van der Waals surface area contributed by atoms with Crippen LogP contribution in [0.25, 0.3) is 0 Å². The number of aldehydes is 1. The van der Waals surface area contributed by atoms with Gasteiger partial charge in [-0.3, -0.25) is 14.6 Å². The first-order valence-electron chi connectivity index (χ1n) is 11.2. The number of carbonyl (C=O) groups is 2. The van der Waals surface area contributed by atoms with Crippen molar-refractivity contribution in [3.63, 3.8) is 0 Å². The summed E-state index contributed by atoms with van der Waals surface area (Å²) in [6, 6.07) is 7.37. The summed E-state index contributed by atoms with van der Waals surface area (Å²) in [7, 11) is 0. The van der Waals surface area contributed by atoms with Gasteiger partial charge in [-0.2, -0.15) is 25.3 Å². The maximum atomic E-state index is 13.3. The van der Waals surface area contributed by atoms with Gasteiger partial charge in [0.05, 0.1) is 6.54 Å².